The summed E-state index contributed by atoms with van der Waals surface area (Å²) >= 11 is 0. The van der Waals surface area contributed by atoms with Gasteiger partial charge in [-0.25, -0.2) is 0 Å². The maximum atomic E-state index is 14.5. The quantitative estimate of drug-likeness (QED) is 0.0869. The van der Waals surface area contributed by atoms with Gasteiger partial charge in [0.05, 0.1) is 49.2 Å². The number of carboxylic acids is 1. The second-order valence-electron chi connectivity index (χ2n) is 18.7. The molecule has 16 heteroatoms. The highest BCUT2D eigenvalue weighted by molar-refractivity contribution is 6.00. The fraction of sp³-hybridized carbons (Fsp3) is 0.627. The number of ether oxygens (including phenoxy) is 2. The molecule has 1 aliphatic rings. The molecule has 0 unspecified atom stereocenters. The Morgan fingerprint density at radius 3 is 2.00 bits per heavy atom. The number of benzene rings is 2. The Morgan fingerprint density at radius 1 is 0.821 bits per heavy atom. The summed E-state index contributed by atoms with van der Waals surface area (Å²) < 4.78 is 12.1. The summed E-state index contributed by atoms with van der Waals surface area (Å²) in [6, 6.07) is 14.4. The first-order chi connectivity index (χ1) is 31.8. The van der Waals surface area contributed by atoms with E-state index < -0.39 is 66.1 Å². The number of amides is 5. The van der Waals surface area contributed by atoms with Crippen molar-refractivity contribution in [3.05, 3.63) is 71.8 Å². The Balaban J connectivity index is 1.79. The van der Waals surface area contributed by atoms with Gasteiger partial charge in [-0.05, 0) is 56.2 Å². The molecule has 9 atom stereocenters. The van der Waals surface area contributed by atoms with Crippen LogP contribution in [0.4, 0.5) is 0 Å². The molecule has 5 amide bonds. The highest BCUT2D eigenvalue weighted by atomic mass is 16.5. The van der Waals surface area contributed by atoms with Crippen LogP contribution in [0.1, 0.15) is 103 Å². The number of Topliss-reactive ketones (excluding diaryl/α,β-unsaturated/α-hetero) is 1. The van der Waals surface area contributed by atoms with Crippen LogP contribution in [0.25, 0.3) is 0 Å². The maximum absolute atomic E-state index is 14.5. The number of methoxy groups -OCH3 is 2. The smallest absolute Gasteiger partial charge is 0.303 e. The van der Waals surface area contributed by atoms with Gasteiger partial charge in [0, 0.05) is 46.2 Å². The first-order valence-electron chi connectivity index (χ1n) is 23.8. The molecule has 0 aliphatic carbocycles. The van der Waals surface area contributed by atoms with Gasteiger partial charge in [0.2, 0.25) is 29.5 Å². The number of nitrogens with one attached hydrogen (secondary N) is 3. The van der Waals surface area contributed by atoms with Crippen molar-refractivity contribution >= 4 is 41.3 Å². The molecule has 0 saturated carbocycles. The van der Waals surface area contributed by atoms with Crippen molar-refractivity contribution < 1.29 is 48.1 Å². The molecule has 4 N–H and O–H groups in total. The van der Waals surface area contributed by atoms with Gasteiger partial charge in [-0.3, -0.25) is 38.5 Å². The second kappa shape index (κ2) is 27.6. The predicted octanol–water partition coefficient (Wildman–Crippen LogP) is 4.60. The largest absolute Gasteiger partial charge is 0.481 e. The molecule has 0 aromatic heterocycles. The molecule has 1 fully saturated rings. The van der Waals surface area contributed by atoms with E-state index in [1.54, 1.807) is 61.2 Å². The van der Waals surface area contributed by atoms with Crippen molar-refractivity contribution in [3.63, 3.8) is 0 Å². The van der Waals surface area contributed by atoms with E-state index in [2.05, 4.69) is 16.0 Å². The van der Waals surface area contributed by atoms with Gasteiger partial charge in [-0.15, -0.1) is 0 Å². The van der Waals surface area contributed by atoms with Gasteiger partial charge in [-0.2, -0.15) is 0 Å². The van der Waals surface area contributed by atoms with Crippen molar-refractivity contribution in [1.82, 2.24) is 30.7 Å². The van der Waals surface area contributed by atoms with E-state index >= 15 is 0 Å². The molecule has 2 aromatic rings. The van der Waals surface area contributed by atoms with Crippen molar-refractivity contribution in [2.45, 2.75) is 136 Å². The van der Waals surface area contributed by atoms with Crippen LogP contribution in [0.15, 0.2) is 60.7 Å². The number of hydrogen-bond acceptors (Lipinski definition) is 10. The monoisotopic (exact) mass is 935 g/mol. The van der Waals surface area contributed by atoms with Crippen LogP contribution >= 0.6 is 0 Å². The fourth-order valence-electron chi connectivity index (χ4n) is 9.29. The maximum Gasteiger partial charge on any atom is 0.303 e. The average Bonchev–Trinajstić information content (AvgIpc) is 3.79. The number of likely N-dealkylation sites (N-methyl/N-ethyl adjacent to an activating group) is 2. The zero-order valence-corrected chi connectivity index (χ0v) is 41.7. The van der Waals surface area contributed by atoms with Gasteiger partial charge in [-0.1, -0.05) is 116 Å². The minimum absolute atomic E-state index is 0.0181. The lowest BCUT2D eigenvalue weighted by atomic mass is 9.89. The third-order valence-corrected chi connectivity index (χ3v) is 13.2. The highest BCUT2D eigenvalue weighted by Gasteiger charge is 2.43. The van der Waals surface area contributed by atoms with Crippen LogP contribution in [0.2, 0.25) is 0 Å². The van der Waals surface area contributed by atoms with E-state index in [0.29, 0.717) is 44.3 Å². The van der Waals surface area contributed by atoms with Gasteiger partial charge in [0.25, 0.3) is 0 Å². The standard InChI is InChI=1S/C51H78N6O10/c1-12-34(6)46(56(9)51(65)44(32(2)3)54-50(64)45(33(4)5)55(8)27-20-26-43(60)61)41(66-10)30-42(59)57-28-19-25-39(57)47(67-11)35(7)48(62)53-38(29-36-21-15-13-16-22-36)49(63)52-31-40(58)37-23-17-14-18-24-37/h13-18,21-24,32-35,38-39,41,44-47H,12,19-20,25-31H2,1-11H3,(H,52,63)(H,53,62)(H,54,64)(H,60,61)/t34-,35+,38-,39-,41+,44-,45-,46-,47+/m0/s1. The Kier molecular flexibility index (Phi) is 23.1. The summed E-state index contributed by atoms with van der Waals surface area (Å²) in [4.78, 5) is 99.7. The van der Waals surface area contributed by atoms with Gasteiger partial charge >= 0.3 is 5.97 Å². The van der Waals surface area contributed by atoms with Crippen LogP contribution in [0, 0.1) is 23.7 Å². The Hall–Kier alpha value is -5.19. The van der Waals surface area contributed by atoms with Crippen molar-refractivity contribution in [1.29, 1.82) is 0 Å². The normalized spacial score (nSPS) is 17.5. The number of hydrogen-bond donors (Lipinski definition) is 4. The summed E-state index contributed by atoms with van der Waals surface area (Å²) in [5, 5.41) is 17.8. The van der Waals surface area contributed by atoms with Crippen LogP contribution in [-0.4, -0.2) is 151 Å². The number of ketones is 1. The third-order valence-electron chi connectivity index (χ3n) is 13.2. The van der Waals surface area contributed by atoms with Crippen LogP contribution in [0.5, 0.6) is 0 Å². The summed E-state index contributed by atoms with van der Waals surface area (Å²) in [7, 11) is 6.48. The number of carboxylic acid groups (broad SMARTS) is 1. The molecule has 1 saturated heterocycles. The number of nitrogens with zero attached hydrogens (tertiary/aromatic N) is 3. The summed E-state index contributed by atoms with van der Waals surface area (Å²) in [6.45, 7) is 13.8. The second-order valence-corrected chi connectivity index (χ2v) is 18.7. The number of carbonyl (C=O) groups excluding carboxylic acids is 6. The molecule has 1 aliphatic heterocycles. The molecule has 2 aromatic carbocycles. The molecule has 1 heterocycles. The highest BCUT2D eigenvalue weighted by Crippen LogP contribution is 2.30. The molecule has 3 rings (SSSR count). The Bertz CT molecular complexity index is 1920. The van der Waals surface area contributed by atoms with E-state index in [4.69, 9.17) is 14.6 Å². The van der Waals surface area contributed by atoms with E-state index in [0.717, 1.165) is 5.56 Å². The number of aliphatic carboxylic acids is 1. The summed E-state index contributed by atoms with van der Waals surface area (Å²) in [5.74, 6) is -4.30. The SMILES string of the molecule is CC[C@H](C)[C@@H]([C@@H](CC(=O)N1CCC[C@H]1[C@H](OC)[C@@H](C)C(=O)N[C@@H](Cc1ccccc1)C(=O)NCC(=O)c1ccccc1)OC)N(C)C(=O)[C@@H](NC(=O)[C@H](C(C)C)N(C)CCCC(=O)O)C(C)C. The summed E-state index contributed by atoms with van der Waals surface area (Å²) in [5.41, 5.74) is 1.27. The van der Waals surface area contributed by atoms with Gasteiger partial charge in [0.1, 0.15) is 12.1 Å². The van der Waals surface area contributed by atoms with Crippen molar-refractivity contribution in [2.75, 3.05) is 47.9 Å². The molecule has 67 heavy (non-hydrogen) atoms. The first-order valence-corrected chi connectivity index (χ1v) is 23.8. The van der Waals surface area contributed by atoms with Crippen molar-refractivity contribution in [3.8, 4) is 0 Å². The van der Waals surface area contributed by atoms with E-state index in [9.17, 15) is 33.6 Å². The van der Waals surface area contributed by atoms with Gasteiger partial charge in [0.15, 0.2) is 5.78 Å². The Morgan fingerprint density at radius 2 is 1.45 bits per heavy atom. The lowest BCUT2D eigenvalue weighted by Gasteiger charge is -2.41. The molecular formula is C51H78N6O10. The first kappa shape index (κ1) is 56.1. The fourth-order valence-corrected chi connectivity index (χ4v) is 9.29. The molecule has 16 nitrogen and oxygen atoms in total. The predicted molar refractivity (Wildman–Crippen MR) is 257 cm³/mol. The molecular weight excluding hydrogens is 857 g/mol. The Labute approximate surface area is 398 Å². The topological polar surface area (TPSA) is 204 Å². The zero-order valence-electron chi connectivity index (χ0n) is 41.7. The molecule has 0 radical (unpaired) electrons. The third kappa shape index (κ3) is 16.2. The molecule has 372 valence electrons. The average molecular weight is 935 g/mol. The minimum Gasteiger partial charge on any atom is -0.481 e. The lowest BCUT2D eigenvalue weighted by molar-refractivity contribution is -0.148. The van der Waals surface area contributed by atoms with E-state index in [1.165, 1.54) is 14.2 Å². The number of rotatable bonds is 28. The molecule has 0 bridgehead atoms. The van der Waals surface area contributed by atoms with Crippen LogP contribution in [0.3, 0.4) is 0 Å². The van der Waals surface area contributed by atoms with Crippen LogP contribution < -0.4 is 16.0 Å². The van der Waals surface area contributed by atoms with Crippen molar-refractivity contribution in [2.24, 2.45) is 23.7 Å². The number of likely N-dealkylation sites (tertiary alicyclic amines) is 1. The molecule has 0 spiro atoms. The lowest BCUT2D eigenvalue weighted by Crippen LogP contribution is -2.60. The van der Waals surface area contributed by atoms with E-state index in [1.807, 2.05) is 76.8 Å². The summed E-state index contributed by atoms with van der Waals surface area (Å²) in [6.07, 6.45) is 0.933. The van der Waals surface area contributed by atoms with Crippen LogP contribution in [-0.2, 0) is 44.7 Å². The van der Waals surface area contributed by atoms with Gasteiger partial charge < -0.3 is 40.3 Å². The minimum atomic E-state index is -1.00. The van der Waals surface area contributed by atoms with E-state index in [-0.39, 0.29) is 67.1 Å². The number of carbonyl (C=O) groups is 7. The zero-order chi connectivity index (χ0) is 50.0.